The van der Waals surface area contributed by atoms with Crippen LogP contribution in [0, 0.1) is 0 Å². The lowest BCUT2D eigenvalue weighted by molar-refractivity contribution is -0.144. The van der Waals surface area contributed by atoms with Gasteiger partial charge < -0.3 is 9.84 Å². The predicted octanol–water partition coefficient (Wildman–Crippen LogP) is 2.66. The molecule has 1 aromatic carbocycles. The second-order valence-corrected chi connectivity index (χ2v) is 3.83. The number of carboxylic acids is 1. The maximum atomic E-state index is 10.6. The number of aliphatic carboxylic acids is 1. The van der Waals surface area contributed by atoms with Gasteiger partial charge in [0, 0.05) is 0 Å². The molecule has 0 aliphatic heterocycles. The summed E-state index contributed by atoms with van der Waals surface area (Å²) >= 11 is 0. The van der Waals surface area contributed by atoms with Crippen molar-refractivity contribution < 1.29 is 14.6 Å². The first-order chi connectivity index (χ1) is 7.00. The van der Waals surface area contributed by atoms with Gasteiger partial charge in [-0.1, -0.05) is 26.0 Å². The molecule has 0 amide bonds. The molecule has 0 spiro atoms. The zero-order chi connectivity index (χ0) is 11.4. The highest BCUT2D eigenvalue weighted by Gasteiger charge is 2.12. The molecule has 1 rings (SSSR count). The number of hydrogen-bond donors (Lipinski definition) is 1. The van der Waals surface area contributed by atoms with Gasteiger partial charge in [0.05, 0.1) is 0 Å². The fourth-order valence-electron chi connectivity index (χ4n) is 1.20. The van der Waals surface area contributed by atoms with Gasteiger partial charge in [-0.3, -0.25) is 0 Å². The van der Waals surface area contributed by atoms with Gasteiger partial charge in [0.15, 0.2) is 6.10 Å². The summed E-state index contributed by atoms with van der Waals surface area (Å²) in [5.74, 6) is 0.0646. The third kappa shape index (κ3) is 3.27. The molecule has 0 aliphatic carbocycles. The van der Waals surface area contributed by atoms with Crippen molar-refractivity contribution in [2.24, 2.45) is 0 Å². The average Bonchev–Trinajstić information content (AvgIpc) is 2.18. The number of hydrogen-bond acceptors (Lipinski definition) is 2. The van der Waals surface area contributed by atoms with Crippen molar-refractivity contribution in [2.75, 3.05) is 0 Å². The van der Waals surface area contributed by atoms with Crippen molar-refractivity contribution in [3.63, 3.8) is 0 Å². The minimum absolute atomic E-state index is 0.411. The fourth-order valence-corrected chi connectivity index (χ4v) is 1.20. The van der Waals surface area contributed by atoms with Crippen LogP contribution in [0.25, 0.3) is 0 Å². The van der Waals surface area contributed by atoms with E-state index in [-0.39, 0.29) is 0 Å². The van der Waals surface area contributed by atoms with Gasteiger partial charge in [-0.25, -0.2) is 4.79 Å². The molecule has 0 aliphatic rings. The molecular formula is C12H16O3. The highest BCUT2D eigenvalue weighted by atomic mass is 16.5. The molecule has 0 saturated heterocycles. The molecule has 1 N–H and O–H groups in total. The van der Waals surface area contributed by atoms with E-state index in [1.807, 2.05) is 18.2 Å². The summed E-state index contributed by atoms with van der Waals surface area (Å²) in [6, 6.07) is 7.53. The smallest absolute Gasteiger partial charge is 0.344 e. The second-order valence-electron chi connectivity index (χ2n) is 3.83. The zero-order valence-electron chi connectivity index (χ0n) is 9.23. The van der Waals surface area contributed by atoms with Crippen LogP contribution in [0.2, 0.25) is 0 Å². The normalized spacial score (nSPS) is 12.5. The van der Waals surface area contributed by atoms with Gasteiger partial charge >= 0.3 is 5.97 Å². The van der Waals surface area contributed by atoms with Gasteiger partial charge in [0.1, 0.15) is 5.75 Å². The van der Waals surface area contributed by atoms with Crippen molar-refractivity contribution in [1.82, 2.24) is 0 Å². The number of carbonyl (C=O) groups is 1. The van der Waals surface area contributed by atoms with E-state index in [4.69, 9.17) is 9.84 Å². The largest absolute Gasteiger partial charge is 0.479 e. The lowest BCUT2D eigenvalue weighted by Crippen LogP contribution is -2.22. The topological polar surface area (TPSA) is 46.5 Å². The Morgan fingerprint density at radius 2 is 2.00 bits per heavy atom. The Labute approximate surface area is 89.7 Å². The van der Waals surface area contributed by atoms with E-state index in [1.165, 1.54) is 6.92 Å². The molecule has 0 heterocycles. The zero-order valence-corrected chi connectivity index (χ0v) is 9.23. The molecule has 0 bridgehead atoms. The molecule has 3 heteroatoms. The molecule has 1 atom stereocenters. The van der Waals surface area contributed by atoms with Crippen LogP contribution >= 0.6 is 0 Å². The number of ether oxygens (including phenoxy) is 1. The fraction of sp³-hybridized carbons (Fsp3) is 0.417. The second kappa shape index (κ2) is 4.82. The van der Waals surface area contributed by atoms with E-state index in [1.54, 1.807) is 6.07 Å². The van der Waals surface area contributed by atoms with Crippen LogP contribution < -0.4 is 4.74 Å². The standard InChI is InChI=1S/C12H16O3/c1-8(2)10-5-4-6-11(7-10)15-9(3)12(13)14/h4-9H,1-3H3,(H,13,14)/t9-/m1/s1. The minimum atomic E-state index is -0.954. The molecule has 15 heavy (non-hydrogen) atoms. The predicted molar refractivity (Wildman–Crippen MR) is 58.3 cm³/mol. The minimum Gasteiger partial charge on any atom is -0.479 e. The van der Waals surface area contributed by atoms with Crippen LogP contribution in [0.3, 0.4) is 0 Å². The maximum Gasteiger partial charge on any atom is 0.344 e. The van der Waals surface area contributed by atoms with E-state index in [9.17, 15) is 4.79 Å². The Morgan fingerprint density at radius 3 is 2.53 bits per heavy atom. The van der Waals surface area contributed by atoms with Crippen LogP contribution in [0.1, 0.15) is 32.3 Å². The van der Waals surface area contributed by atoms with Gasteiger partial charge in [0.2, 0.25) is 0 Å². The summed E-state index contributed by atoms with van der Waals surface area (Å²) in [5.41, 5.74) is 1.14. The van der Waals surface area contributed by atoms with E-state index in [0.29, 0.717) is 11.7 Å². The number of rotatable bonds is 4. The molecular weight excluding hydrogens is 192 g/mol. The monoisotopic (exact) mass is 208 g/mol. The van der Waals surface area contributed by atoms with Crippen LogP contribution in [0.15, 0.2) is 24.3 Å². The molecule has 82 valence electrons. The summed E-state index contributed by atoms with van der Waals surface area (Å²) < 4.78 is 5.27. The van der Waals surface area contributed by atoms with Crippen molar-refractivity contribution in [1.29, 1.82) is 0 Å². The molecule has 3 nitrogen and oxygen atoms in total. The van der Waals surface area contributed by atoms with Crippen molar-refractivity contribution in [3.05, 3.63) is 29.8 Å². The van der Waals surface area contributed by atoms with Gasteiger partial charge in [-0.15, -0.1) is 0 Å². The van der Waals surface area contributed by atoms with E-state index >= 15 is 0 Å². The lowest BCUT2D eigenvalue weighted by Gasteiger charge is -2.12. The lowest BCUT2D eigenvalue weighted by atomic mass is 10.0. The van der Waals surface area contributed by atoms with Gasteiger partial charge in [-0.2, -0.15) is 0 Å². The van der Waals surface area contributed by atoms with E-state index in [2.05, 4.69) is 13.8 Å². The first-order valence-corrected chi connectivity index (χ1v) is 5.00. The summed E-state index contributed by atoms with van der Waals surface area (Å²) in [6.07, 6.45) is -0.813. The highest BCUT2D eigenvalue weighted by molar-refractivity contribution is 5.72. The quantitative estimate of drug-likeness (QED) is 0.827. The molecule has 0 fully saturated rings. The van der Waals surface area contributed by atoms with Crippen molar-refractivity contribution in [2.45, 2.75) is 32.8 Å². The molecule has 0 radical (unpaired) electrons. The third-order valence-corrected chi connectivity index (χ3v) is 2.19. The highest BCUT2D eigenvalue weighted by Crippen LogP contribution is 2.20. The number of benzene rings is 1. The first kappa shape index (κ1) is 11.6. The molecule has 0 unspecified atom stereocenters. The van der Waals surface area contributed by atoms with Crippen molar-refractivity contribution >= 4 is 5.97 Å². The Hall–Kier alpha value is -1.51. The Morgan fingerprint density at radius 1 is 1.33 bits per heavy atom. The molecule has 0 saturated carbocycles. The van der Waals surface area contributed by atoms with Crippen LogP contribution in [-0.4, -0.2) is 17.2 Å². The Kier molecular flexibility index (Phi) is 3.72. The molecule has 0 aromatic heterocycles. The van der Waals surface area contributed by atoms with Crippen molar-refractivity contribution in [3.8, 4) is 5.75 Å². The van der Waals surface area contributed by atoms with Crippen LogP contribution in [0.5, 0.6) is 5.75 Å². The Bertz CT molecular complexity index is 344. The third-order valence-electron chi connectivity index (χ3n) is 2.19. The summed E-state index contributed by atoms with van der Waals surface area (Å²) in [6.45, 7) is 5.68. The summed E-state index contributed by atoms with van der Waals surface area (Å²) in [5, 5.41) is 8.70. The summed E-state index contributed by atoms with van der Waals surface area (Å²) in [7, 11) is 0. The van der Waals surface area contributed by atoms with E-state index < -0.39 is 12.1 Å². The van der Waals surface area contributed by atoms with Crippen LogP contribution in [0.4, 0.5) is 0 Å². The molecule has 1 aromatic rings. The average molecular weight is 208 g/mol. The van der Waals surface area contributed by atoms with Gasteiger partial charge in [-0.05, 0) is 30.5 Å². The van der Waals surface area contributed by atoms with E-state index in [0.717, 1.165) is 5.56 Å². The SMILES string of the molecule is CC(C)c1cccc(O[C@H](C)C(=O)O)c1. The maximum absolute atomic E-state index is 10.6. The number of carboxylic acid groups (broad SMARTS) is 1. The van der Waals surface area contributed by atoms with Crippen LogP contribution in [-0.2, 0) is 4.79 Å². The first-order valence-electron chi connectivity index (χ1n) is 5.00. The summed E-state index contributed by atoms with van der Waals surface area (Å²) in [4.78, 5) is 10.6. The Balaban J connectivity index is 2.78. The van der Waals surface area contributed by atoms with Gasteiger partial charge in [0.25, 0.3) is 0 Å².